The van der Waals surface area contributed by atoms with Gasteiger partial charge in [-0.05, 0) is 28.6 Å². The Hall–Kier alpha value is -1.95. The molecular formula is C12H14ClN5O. The van der Waals surface area contributed by atoms with E-state index in [4.69, 9.17) is 11.6 Å². The zero-order valence-corrected chi connectivity index (χ0v) is 11.4. The van der Waals surface area contributed by atoms with E-state index in [9.17, 15) is 4.79 Å². The maximum atomic E-state index is 11.9. The molecule has 7 heteroatoms. The number of rotatable bonds is 4. The summed E-state index contributed by atoms with van der Waals surface area (Å²) in [5.74, 6) is 0.645. The van der Waals surface area contributed by atoms with Crippen LogP contribution in [0.4, 0.5) is 5.69 Å². The zero-order valence-electron chi connectivity index (χ0n) is 10.7. The Morgan fingerprint density at radius 2 is 2.26 bits per heavy atom. The van der Waals surface area contributed by atoms with Crippen LogP contribution in [0.25, 0.3) is 0 Å². The van der Waals surface area contributed by atoms with Crippen LogP contribution in [0.15, 0.2) is 24.3 Å². The molecule has 1 N–H and O–H groups in total. The Bertz CT molecular complexity index is 581. The first kappa shape index (κ1) is 13.5. The van der Waals surface area contributed by atoms with E-state index in [0.29, 0.717) is 16.5 Å². The average Bonchev–Trinajstić information content (AvgIpc) is 2.76. The van der Waals surface area contributed by atoms with Crippen molar-refractivity contribution < 1.29 is 4.79 Å². The second-order valence-corrected chi connectivity index (χ2v) is 4.84. The number of anilines is 1. The Morgan fingerprint density at radius 3 is 2.95 bits per heavy atom. The van der Waals surface area contributed by atoms with Crippen LogP contribution in [0.5, 0.6) is 0 Å². The molecule has 0 bridgehead atoms. The van der Waals surface area contributed by atoms with E-state index in [1.807, 2.05) is 13.8 Å². The van der Waals surface area contributed by atoms with E-state index in [1.165, 1.54) is 4.68 Å². The van der Waals surface area contributed by atoms with Crippen molar-refractivity contribution in [3.63, 3.8) is 0 Å². The van der Waals surface area contributed by atoms with E-state index in [0.717, 1.165) is 0 Å². The monoisotopic (exact) mass is 279 g/mol. The minimum absolute atomic E-state index is 0.0764. The molecular weight excluding hydrogens is 266 g/mol. The molecule has 1 aromatic carbocycles. The third kappa shape index (κ3) is 3.51. The molecule has 0 radical (unpaired) electrons. The van der Waals surface area contributed by atoms with Gasteiger partial charge in [-0.1, -0.05) is 31.5 Å². The highest BCUT2D eigenvalue weighted by Crippen LogP contribution is 2.15. The molecule has 0 saturated carbocycles. The van der Waals surface area contributed by atoms with Crippen LogP contribution in [0.2, 0.25) is 5.02 Å². The summed E-state index contributed by atoms with van der Waals surface area (Å²) in [6.45, 7) is 4.02. The number of aromatic nitrogens is 4. The second kappa shape index (κ2) is 5.79. The van der Waals surface area contributed by atoms with Gasteiger partial charge in [0.05, 0.1) is 0 Å². The largest absolute Gasteiger partial charge is 0.324 e. The standard InChI is InChI=1S/C12H14ClN5O/c1-8(2)12-15-16-17-18(12)7-11(19)14-10-5-3-4-9(13)6-10/h3-6,8H,7H2,1-2H3,(H,14,19). The van der Waals surface area contributed by atoms with Crippen molar-refractivity contribution in [2.24, 2.45) is 0 Å². The average molecular weight is 280 g/mol. The Morgan fingerprint density at radius 1 is 1.47 bits per heavy atom. The molecule has 2 aromatic rings. The fourth-order valence-corrected chi connectivity index (χ4v) is 1.83. The molecule has 0 unspecified atom stereocenters. The van der Waals surface area contributed by atoms with Crippen LogP contribution in [0.3, 0.4) is 0 Å². The maximum absolute atomic E-state index is 11.9. The van der Waals surface area contributed by atoms with Crippen LogP contribution in [0.1, 0.15) is 25.6 Å². The summed E-state index contributed by atoms with van der Waals surface area (Å²) in [7, 11) is 0. The van der Waals surface area contributed by atoms with Crippen LogP contribution in [0, 0.1) is 0 Å². The fraction of sp³-hybridized carbons (Fsp3) is 0.333. The minimum Gasteiger partial charge on any atom is -0.324 e. The molecule has 0 fully saturated rings. The van der Waals surface area contributed by atoms with Crippen LogP contribution in [-0.2, 0) is 11.3 Å². The molecule has 1 heterocycles. The molecule has 6 nitrogen and oxygen atoms in total. The topological polar surface area (TPSA) is 72.7 Å². The number of halogens is 1. The summed E-state index contributed by atoms with van der Waals surface area (Å²) in [5, 5.41) is 14.6. The van der Waals surface area contributed by atoms with Crippen molar-refractivity contribution in [2.75, 3.05) is 5.32 Å². The SMILES string of the molecule is CC(C)c1nnnn1CC(=O)Nc1cccc(Cl)c1. The van der Waals surface area contributed by atoms with Gasteiger partial charge in [-0.25, -0.2) is 4.68 Å². The highest BCUT2D eigenvalue weighted by Gasteiger charge is 2.13. The Balaban J connectivity index is 2.03. The number of nitrogens with one attached hydrogen (secondary N) is 1. The number of carbonyl (C=O) groups is 1. The summed E-state index contributed by atoms with van der Waals surface area (Å²) in [6, 6.07) is 6.97. The van der Waals surface area contributed by atoms with Crippen molar-refractivity contribution >= 4 is 23.2 Å². The lowest BCUT2D eigenvalue weighted by Gasteiger charge is -2.08. The summed E-state index contributed by atoms with van der Waals surface area (Å²) in [6.07, 6.45) is 0. The first-order valence-corrected chi connectivity index (χ1v) is 6.25. The van der Waals surface area contributed by atoms with Crippen molar-refractivity contribution in [3.8, 4) is 0 Å². The van der Waals surface area contributed by atoms with Gasteiger partial charge in [-0.15, -0.1) is 5.10 Å². The minimum atomic E-state index is -0.198. The molecule has 19 heavy (non-hydrogen) atoms. The molecule has 0 spiro atoms. The van der Waals surface area contributed by atoms with Crippen LogP contribution < -0.4 is 5.32 Å². The fourth-order valence-electron chi connectivity index (χ4n) is 1.64. The van der Waals surface area contributed by atoms with Crippen molar-refractivity contribution in [1.29, 1.82) is 0 Å². The number of tetrazole rings is 1. The van der Waals surface area contributed by atoms with E-state index in [1.54, 1.807) is 24.3 Å². The lowest BCUT2D eigenvalue weighted by molar-refractivity contribution is -0.117. The van der Waals surface area contributed by atoms with Crippen molar-refractivity contribution in [1.82, 2.24) is 20.2 Å². The molecule has 1 amide bonds. The van der Waals surface area contributed by atoms with Crippen molar-refractivity contribution in [2.45, 2.75) is 26.3 Å². The first-order chi connectivity index (χ1) is 9.06. The summed E-state index contributed by atoms with van der Waals surface area (Å²) in [4.78, 5) is 11.9. The number of amides is 1. The summed E-state index contributed by atoms with van der Waals surface area (Å²) in [5.41, 5.74) is 0.650. The summed E-state index contributed by atoms with van der Waals surface area (Å²) >= 11 is 5.85. The molecule has 0 atom stereocenters. The number of benzene rings is 1. The lowest BCUT2D eigenvalue weighted by Crippen LogP contribution is -2.21. The van der Waals surface area contributed by atoms with Gasteiger partial charge >= 0.3 is 0 Å². The quantitative estimate of drug-likeness (QED) is 0.930. The predicted octanol–water partition coefficient (Wildman–Crippen LogP) is 2.09. The smallest absolute Gasteiger partial charge is 0.246 e. The molecule has 100 valence electrons. The highest BCUT2D eigenvalue weighted by atomic mass is 35.5. The normalized spacial score (nSPS) is 10.7. The Kier molecular flexibility index (Phi) is 4.11. The third-order valence-corrected chi connectivity index (χ3v) is 2.71. The van der Waals surface area contributed by atoms with E-state index in [2.05, 4.69) is 20.8 Å². The van der Waals surface area contributed by atoms with E-state index < -0.39 is 0 Å². The highest BCUT2D eigenvalue weighted by molar-refractivity contribution is 6.30. The van der Waals surface area contributed by atoms with Gasteiger partial charge in [-0.2, -0.15) is 0 Å². The van der Waals surface area contributed by atoms with Crippen molar-refractivity contribution in [3.05, 3.63) is 35.1 Å². The number of hydrogen-bond acceptors (Lipinski definition) is 4. The molecule has 0 aliphatic heterocycles. The second-order valence-electron chi connectivity index (χ2n) is 4.41. The summed E-state index contributed by atoms with van der Waals surface area (Å²) < 4.78 is 1.49. The van der Waals surface area contributed by atoms with Crippen LogP contribution in [-0.4, -0.2) is 26.1 Å². The first-order valence-electron chi connectivity index (χ1n) is 5.87. The third-order valence-electron chi connectivity index (χ3n) is 2.48. The van der Waals surface area contributed by atoms with Gasteiger partial charge in [0.1, 0.15) is 6.54 Å². The van der Waals surface area contributed by atoms with Gasteiger partial charge in [0.15, 0.2) is 5.82 Å². The van der Waals surface area contributed by atoms with Gasteiger partial charge in [0.2, 0.25) is 5.91 Å². The van der Waals surface area contributed by atoms with Gasteiger partial charge in [-0.3, -0.25) is 4.79 Å². The Labute approximate surface area is 115 Å². The van der Waals surface area contributed by atoms with E-state index in [-0.39, 0.29) is 18.4 Å². The number of carbonyl (C=O) groups excluding carboxylic acids is 1. The predicted molar refractivity (Wildman–Crippen MR) is 72.0 cm³/mol. The lowest BCUT2D eigenvalue weighted by atomic mass is 10.2. The maximum Gasteiger partial charge on any atom is 0.246 e. The molecule has 2 rings (SSSR count). The molecule has 1 aromatic heterocycles. The molecule has 0 aliphatic carbocycles. The molecule has 0 saturated heterocycles. The molecule has 0 aliphatic rings. The zero-order chi connectivity index (χ0) is 13.8. The number of nitrogens with zero attached hydrogens (tertiary/aromatic N) is 4. The van der Waals surface area contributed by atoms with Crippen LogP contribution >= 0.6 is 11.6 Å². The van der Waals surface area contributed by atoms with E-state index >= 15 is 0 Å². The van der Waals surface area contributed by atoms with Gasteiger partial charge < -0.3 is 5.32 Å². The van der Waals surface area contributed by atoms with Gasteiger partial charge in [0.25, 0.3) is 0 Å². The van der Waals surface area contributed by atoms with Gasteiger partial charge in [0, 0.05) is 16.6 Å². The number of hydrogen-bond donors (Lipinski definition) is 1.